The van der Waals surface area contributed by atoms with E-state index in [1.807, 2.05) is 6.07 Å². The summed E-state index contributed by atoms with van der Waals surface area (Å²) in [6, 6.07) is 6.23. The first-order valence-electron chi connectivity index (χ1n) is 4.91. The molecule has 1 heterocycles. The van der Waals surface area contributed by atoms with Gasteiger partial charge in [-0.25, -0.2) is 0 Å². The predicted molar refractivity (Wildman–Crippen MR) is 61.1 cm³/mol. The fourth-order valence-corrected chi connectivity index (χ4v) is 2.25. The molecule has 74 valence electrons. The highest BCUT2D eigenvalue weighted by Gasteiger charge is 1.99. The molecular weight excluding hydrogens is 194 g/mol. The molecule has 0 radical (unpaired) electrons. The second-order valence-corrected chi connectivity index (χ2v) is 4.46. The molecule has 1 aromatic heterocycles. The van der Waals surface area contributed by atoms with Gasteiger partial charge in [0.05, 0.1) is 10.2 Å². The third-order valence-corrected chi connectivity index (χ3v) is 3.17. The maximum absolute atomic E-state index is 11.1. The van der Waals surface area contributed by atoms with Gasteiger partial charge in [-0.3, -0.25) is 4.79 Å². The minimum atomic E-state index is 0.0349. The lowest BCUT2D eigenvalue weighted by molar-refractivity contribution is 0.796. The third kappa shape index (κ3) is 1.87. The highest BCUT2D eigenvalue weighted by Crippen LogP contribution is 2.17. The van der Waals surface area contributed by atoms with E-state index in [1.165, 1.54) is 29.7 Å². The van der Waals surface area contributed by atoms with Crippen LogP contribution in [0.15, 0.2) is 23.0 Å². The summed E-state index contributed by atoms with van der Waals surface area (Å²) >= 11 is 1.27. The van der Waals surface area contributed by atoms with Crippen LogP contribution in [0.4, 0.5) is 0 Å². The molecule has 0 aliphatic rings. The van der Waals surface area contributed by atoms with Crippen molar-refractivity contribution >= 4 is 21.6 Å². The van der Waals surface area contributed by atoms with Crippen molar-refractivity contribution in [2.75, 3.05) is 0 Å². The molecule has 0 atom stereocenters. The van der Waals surface area contributed by atoms with Gasteiger partial charge in [-0.2, -0.15) is 0 Å². The number of hydrogen-bond donors (Lipinski definition) is 1. The number of aromatic amines is 1. The Bertz CT molecular complexity index is 483. The lowest BCUT2D eigenvalue weighted by atomic mass is 10.1. The lowest BCUT2D eigenvalue weighted by Gasteiger charge is -1.98. The summed E-state index contributed by atoms with van der Waals surface area (Å²) in [6.07, 6.45) is 3.52. The van der Waals surface area contributed by atoms with Gasteiger partial charge in [-0.1, -0.05) is 30.7 Å². The van der Waals surface area contributed by atoms with Crippen LogP contribution in [-0.2, 0) is 6.42 Å². The number of thiazole rings is 1. The number of aromatic nitrogens is 1. The van der Waals surface area contributed by atoms with Crippen LogP contribution < -0.4 is 4.87 Å². The Labute approximate surface area is 86.6 Å². The van der Waals surface area contributed by atoms with Crippen LogP contribution in [0, 0.1) is 0 Å². The van der Waals surface area contributed by atoms with Crippen LogP contribution in [0.2, 0.25) is 0 Å². The molecule has 0 saturated heterocycles. The van der Waals surface area contributed by atoms with Crippen LogP contribution in [0.1, 0.15) is 25.3 Å². The van der Waals surface area contributed by atoms with Gasteiger partial charge in [-0.05, 0) is 30.5 Å². The van der Waals surface area contributed by atoms with Crippen molar-refractivity contribution in [1.29, 1.82) is 0 Å². The molecule has 14 heavy (non-hydrogen) atoms. The average molecular weight is 207 g/mol. The number of aryl methyl sites for hydroxylation is 1. The fourth-order valence-electron chi connectivity index (χ4n) is 1.54. The summed E-state index contributed by atoms with van der Waals surface area (Å²) in [6.45, 7) is 2.19. The molecular formula is C11H13NOS. The van der Waals surface area contributed by atoms with E-state index in [-0.39, 0.29) is 4.87 Å². The topological polar surface area (TPSA) is 32.9 Å². The van der Waals surface area contributed by atoms with E-state index in [0.29, 0.717) is 0 Å². The maximum Gasteiger partial charge on any atom is 0.305 e. The SMILES string of the molecule is CCCCc1ccc2sc(=O)[nH]c2c1. The average Bonchev–Trinajstić information content (AvgIpc) is 2.54. The van der Waals surface area contributed by atoms with Crippen molar-refractivity contribution in [2.24, 2.45) is 0 Å². The molecule has 0 unspecified atom stereocenters. The van der Waals surface area contributed by atoms with E-state index < -0.39 is 0 Å². The first kappa shape index (κ1) is 9.46. The van der Waals surface area contributed by atoms with Gasteiger partial charge in [0.25, 0.3) is 0 Å². The quantitative estimate of drug-likeness (QED) is 0.824. The molecule has 1 aromatic carbocycles. The van der Waals surface area contributed by atoms with Gasteiger partial charge in [0, 0.05) is 0 Å². The number of fused-ring (bicyclic) bond motifs is 1. The fraction of sp³-hybridized carbons (Fsp3) is 0.364. The lowest BCUT2D eigenvalue weighted by Crippen LogP contribution is -1.90. The predicted octanol–water partition coefficient (Wildman–Crippen LogP) is 2.93. The minimum Gasteiger partial charge on any atom is -0.312 e. The van der Waals surface area contributed by atoms with E-state index in [0.717, 1.165) is 16.6 Å². The second-order valence-electron chi connectivity index (χ2n) is 3.45. The van der Waals surface area contributed by atoms with E-state index in [2.05, 4.69) is 24.0 Å². The van der Waals surface area contributed by atoms with Crippen LogP contribution in [0.25, 0.3) is 10.2 Å². The molecule has 2 rings (SSSR count). The Balaban J connectivity index is 2.35. The van der Waals surface area contributed by atoms with Crippen molar-refractivity contribution in [3.63, 3.8) is 0 Å². The van der Waals surface area contributed by atoms with Gasteiger partial charge in [0.15, 0.2) is 0 Å². The Morgan fingerprint density at radius 1 is 1.43 bits per heavy atom. The summed E-state index contributed by atoms with van der Waals surface area (Å²) in [5.74, 6) is 0. The van der Waals surface area contributed by atoms with Crippen LogP contribution in [0.3, 0.4) is 0 Å². The van der Waals surface area contributed by atoms with Crippen LogP contribution in [0.5, 0.6) is 0 Å². The Morgan fingerprint density at radius 2 is 2.29 bits per heavy atom. The monoisotopic (exact) mass is 207 g/mol. The third-order valence-electron chi connectivity index (χ3n) is 2.30. The van der Waals surface area contributed by atoms with Crippen molar-refractivity contribution in [3.05, 3.63) is 33.4 Å². The molecule has 0 aliphatic carbocycles. The van der Waals surface area contributed by atoms with Gasteiger partial charge < -0.3 is 4.98 Å². The van der Waals surface area contributed by atoms with E-state index >= 15 is 0 Å². The summed E-state index contributed by atoms with van der Waals surface area (Å²) in [4.78, 5) is 14.0. The van der Waals surface area contributed by atoms with Crippen LogP contribution in [-0.4, -0.2) is 4.98 Å². The maximum atomic E-state index is 11.1. The number of rotatable bonds is 3. The van der Waals surface area contributed by atoms with E-state index in [4.69, 9.17) is 0 Å². The summed E-state index contributed by atoms with van der Waals surface area (Å²) in [5.41, 5.74) is 2.29. The van der Waals surface area contributed by atoms with Gasteiger partial charge in [0.1, 0.15) is 0 Å². The summed E-state index contributed by atoms with van der Waals surface area (Å²) in [5, 5.41) is 0. The molecule has 0 amide bonds. The zero-order chi connectivity index (χ0) is 9.97. The zero-order valence-corrected chi connectivity index (χ0v) is 8.99. The molecule has 0 aliphatic heterocycles. The van der Waals surface area contributed by atoms with Crippen LogP contribution >= 0.6 is 11.3 Å². The number of H-pyrrole nitrogens is 1. The van der Waals surface area contributed by atoms with E-state index in [9.17, 15) is 4.79 Å². The highest BCUT2D eigenvalue weighted by molar-refractivity contribution is 7.16. The minimum absolute atomic E-state index is 0.0349. The Morgan fingerprint density at radius 3 is 3.07 bits per heavy atom. The number of unbranched alkanes of at least 4 members (excludes halogenated alkanes) is 1. The molecule has 0 saturated carbocycles. The summed E-state index contributed by atoms with van der Waals surface area (Å²) in [7, 11) is 0. The molecule has 3 heteroatoms. The van der Waals surface area contributed by atoms with Crippen molar-refractivity contribution in [3.8, 4) is 0 Å². The normalized spacial score (nSPS) is 10.9. The molecule has 0 fully saturated rings. The number of nitrogens with one attached hydrogen (secondary N) is 1. The molecule has 0 spiro atoms. The van der Waals surface area contributed by atoms with Gasteiger partial charge in [0.2, 0.25) is 0 Å². The summed E-state index contributed by atoms with van der Waals surface area (Å²) < 4.78 is 1.05. The van der Waals surface area contributed by atoms with Crippen molar-refractivity contribution < 1.29 is 0 Å². The molecule has 2 nitrogen and oxygen atoms in total. The molecule has 1 N–H and O–H groups in total. The smallest absolute Gasteiger partial charge is 0.305 e. The zero-order valence-electron chi connectivity index (χ0n) is 8.17. The van der Waals surface area contributed by atoms with Crippen molar-refractivity contribution in [1.82, 2.24) is 4.98 Å². The number of benzene rings is 1. The van der Waals surface area contributed by atoms with Gasteiger partial charge >= 0.3 is 4.87 Å². The Hall–Kier alpha value is -1.09. The first-order valence-corrected chi connectivity index (χ1v) is 5.73. The standard InChI is InChI=1S/C11H13NOS/c1-2-3-4-8-5-6-10-9(7-8)12-11(13)14-10/h5-7H,2-4H2,1H3,(H,12,13). The van der Waals surface area contributed by atoms with E-state index in [1.54, 1.807) is 0 Å². The Kier molecular flexibility index (Phi) is 2.68. The highest BCUT2D eigenvalue weighted by atomic mass is 32.1. The largest absolute Gasteiger partial charge is 0.312 e. The van der Waals surface area contributed by atoms with Crippen molar-refractivity contribution in [2.45, 2.75) is 26.2 Å². The number of hydrogen-bond acceptors (Lipinski definition) is 2. The van der Waals surface area contributed by atoms with Gasteiger partial charge in [-0.15, -0.1) is 0 Å². The first-order chi connectivity index (χ1) is 6.79. The second kappa shape index (κ2) is 3.96. The molecule has 0 bridgehead atoms. The molecule has 2 aromatic rings.